The van der Waals surface area contributed by atoms with Gasteiger partial charge in [0.2, 0.25) is 11.8 Å². The number of sulfonamides is 1. The number of carbonyl (C=O) groups excluding carboxylic acids is 1. The minimum Gasteiger partial charge on any atom is -0.475 e. The van der Waals surface area contributed by atoms with Gasteiger partial charge in [0.1, 0.15) is 12.4 Å². The van der Waals surface area contributed by atoms with Gasteiger partial charge in [-0.2, -0.15) is 4.98 Å². The summed E-state index contributed by atoms with van der Waals surface area (Å²) >= 11 is 0. The van der Waals surface area contributed by atoms with Gasteiger partial charge in [-0.1, -0.05) is 45.0 Å². The summed E-state index contributed by atoms with van der Waals surface area (Å²) in [6.45, 7) is 14.0. The third kappa shape index (κ3) is 7.55. The Balaban J connectivity index is 1.25. The van der Waals surface area contributed by atoms with Gasteiger partial charge >= 0.3 is 0 Å². The number of carbonyl (C=O) groups is 1. The number of hydrogen-bond acceptors (Lipinski definition) is 10. The highest BCUT2D eigenvalue weighted by Crippen LogP contribution is 2.42. The maximum atomic E-state index is 14.5. The lowest BCUT2D eigenvalue weighted by molar-refractivity contribution is -0.000243. The van der Waals surface area contributed by atoms with Crippen molar-refractivity contribution in [3.63, 3.8) is 0 Å². The molecule has 1 N–H and O–H groups in total. The average molecular weight is 712 g/mol. The van der Waals surface area contributed by atoms with Crippen molar-refractivity contribution in [3.05, 3.63) is 83.4 Å². The first kappa shape index (κ1) is 34.8. The van der Waals surface area contributed by atoms with Crippen LogP contribution in [0.3, 0.4) is 0 Å². The van der Waals surface area contributed by atoms with E-state index in [0.29, 0.717) is 23.4 Å². The number of aromatic nitrogens is 4. The van der Waals surface area contributed by atoms with Crippen molar-refractivity contribution in [2.24, 2.45) is 10.8 Å². The molecule has 2 fully saturated rings. The van der Waals surface area contributed by atoms with Crippen molar-refractivity contribution in [2.45, 2.75) is 71.4 Å². The summed E-state index contributed by atoms with van der Waals surface area (Å²) in [5.74, 6) is 0.192. The molecule has 7 rings (SSSR count). The molecule has 3 aliphatic rings. The fourth-order valence-corrected chi connectivity index (χ4v) is 8.35. The molecular weight excluding hydrogens is 667 g/mol. The van der Waals surface area contributed by atoms with E-state index in [2.05, 4.69) is 40.4 Å². The summed E-state index contributed by atoms with van der Waals surface area (Å²) in [6, 6.07) is 13.2. The lowest BCUT2D eigenvalue weighted by atomic mass is 9.73. The molecule has 1 atom stereocenters. The molecule has 0 unspecified atom stereocenters. The Bertz CT molecular complexity index is 2010. The minimum atomic E-state index is -4.18. The van der Waals surface area contributed by atoms with Crippen LogP contribution in [0.25, 0.3) is 11.3 Å². The molecule has 2 saturated heterocycles. The smallest absolute Gasteiger partial charge is 0.264 e. The van der Waals surface area contributed by atoms with E-state index in [1.807, 2.05) is 44.4 Å². The highest BCUT2D eigenvalue weighted by atomic mass is 32.2. The summed E-state index contributed by atoms with van der Waals surface area (Å²) in [7, 11) is -4.18. The van der Waals surface area contributed by atoms with Crippen LogP contribution in [0, 0.1) is 24.7 Å². The van der Waals surface area contributed by atoms with Gasteiger partial charge in [-0.05, 0) is 67.9 Å². The Labute approximate surface area is 299 Å². The number of aryl methyl sites for hydroxylation is 2. The zero-order chi connectivity index (χ0) is 36.0. The number of nitrogens with zero attached hydrogens (tertiary/aromatic N) is 6. The van der Waals surface area contributed by atoms with Crippen LogP contribution < -0.4 is 14.4 Å². The summed E-state index contributed by atoms with van der Waals surface area (Å²) in [4.78, 5) is 36.9. The van der Waals surface area contributed by atoms with E-state index in [1.165, 1.54) is 12.1 Å². The Morgan fingerprint density at radius 3 is 2.33 bits per heavy atom. The number of anilines is 2. The summed E-state index contributed by atoms with van der Waals surface area (Å²) in [5.41, 5.74) is 4.62. The zero-order valence-electron chi connectivity index (χ0n) is 29.8. The molecular formula is C38H45N7O5S. The molecule has 268 valence electrons. The second kappa shape index (κ2) is 13.5. The molecule has 3 aliphatic heterocycles. The van der Waals surface area contributed by atoms with E-state index < -0.39 is 16.1 Å². The molecule has 0 saturated carbocycles. The van der Waals surface area contributed by atoms with Crippen LogP contribution in [0.4, 0.5) is 11.6 Å². The van der Waals surface area contributed by atoms with Gasteiger partial charge < -0.3 is 19.3 Å². The standard InChI is InChI=1S/C38H45N7O5S/c1-25-8-6-9-26(2)34(25)31-17-33-42-36(41-31)43-51(47,48)30-11-7-10-27(16-30)35(46)45(28(22-50-33)18-37(3,4)5)21-32-39-19-29(20-40-32)44-23-38(24-44)12-14-49-15-13-38/h6-11,16-17,19-20,28H,12-15,18,21-24H2,1-5H3,(H,41,42,43)/t28-/m1/s1. The SMILES string of the molecule is Cc1cccc(C)c1-c1cc2nc(n1)NS(=O)(=O)c1cccc(c1)C(=O)N(Cc1ncc(N3CC4(CCOCC4)C3)cn1)[C@H](CC(C)(C)C)CO2. The normalized spacial score (nSPS) is 19.9. The molecule has 0 aliphatic carbocycles. The number of nitrogens with one attached hydrogen (secondary N) is 1. The van der Waals surface area contributed by atoms with Gasteiger partial charge in [-0.25, -0.2) is 28.1 Å². The maximum absolute atomic E-state index is 14.5. The topological polar surface area (TPSA) is 140 Å². The van der Waals surface area contributed by atoms with Crippen LogP contribution in [0.15, 0.2) is 65.8 Å². The second-order valence-corrected chi connectivity index (χ2v) is 17.0. The largest absolute Gasteiger partial charge is 0.475 e. The van der Waals surface area contributed by atoms with E-state index >= 15 is 0 Å². The Morgan fingerprint density at radius 1 is 0.961 bits per heavy atom. The molecule has 51 heavy (non-hydrogen) atoms. The molecule has 0 radical (unpaired) electrons. The van der Waals surface area contributed by atoms with Gasteiger partial charge in [-0.3, -0.25) is 4.79 Å². The van der Waals surface area contributed by atoms with Crippen LogP contribution in [0.2, 0.25) is 0 Å². The fraction of sp³-hybridized carbons (Fsp3) is 0.447. The van der Waals surface area contributed by atoms with Crippen LogP contribution in [-0.4, -0.2) is 78.1 Å². The van der Waals surface area contributed by atoms with Crippen molar-refractivity contribution in [1.29, 1.82) is 0 Å². The Kier molecular flexibility index (Phi) is 9.21. The second-order valence-electron chi connectivity index (χ2n) is 15.3. The number of amides is 1. The van der Waals surface area contributed by atoms with E-state index in [1.54, 1.807) is 23.1 Å². The van der Waals surface area contributed by atoms with Gasteiger partial charge in [-0.15, -0.1) is 0 Å². The molecule has 1 amide bonds. The van der Waals surface area contributed by atoms with Crippen LogP contribution in [0.5, 0.6) is 5.88 Å². The van der Waals surface area contributed by atoms with Crippen molar-refractivity contribution >= 4 is 27.6 Å². The van der Waals surface area contributed by atoms with Gasteiger partial charge in [0.05, 0.1) is 41.3 Å². The average Bonchev–Trinajstić information content (AvgIpc) is 3.07. The number of rotatable bonds is 5. The number of hydrogen-bond donors (Lipinski definition) is 1. The van der Waals surface area contributed by atoms with E-state index in [0.717, 1.165) is 61.5 Å². The molecule has 4 bridgehead atoms. The molecule has 2 aromatic carbocycles. The van der Waals surface area contributed by atoms with E-state index in [9.17, 15) is 13.2 Å². The van der Waals surface area contributed by atoms with Crippen molar-refractivity contribution < 1.29 is 22.7 Å². The van der Waals surface area contributed by atoms with Crippen molar-refractivity contribution in [1.82, 2.24) is 24.8 Å². The highest BCUT2D eigenvalue weighted by molar-refractivity contribution is 7.92. The molecule has 12 nitrogen and oxygen atoms in total. The Morgan fingerprint density at radius 2 is 1.65 bits per heavy atom. The number of fused-ring (bicyclic) bond motifs is 4. The first-order valence-electron chi connectivity index (χ1n) is 17.4. The third-order valence-electron chi connectivity index (χ3n) is 10.0. The van der Waals surface area contributed by atoms with Gasteiger partial charge in [0.15, 0.2) is 0 Å². The Hall–Kier alpha value is -4.62. The van der Waals surface area contributed by atoms with Crippen molar-refractivity contribution in [3.8, 4) is 17.1 Å². The van der Waals surface area contributed by atoms with Crippen LogP contribution in [-0.2, 0) is 21.3 Å². The zero-order valence-corrected chi connectivity index (χ0v) is 30.7. The quantitative estimate of drug-likeness (QED) is 0.270. The molecule has 13 heteroatoms. The predicted octanol–water partition coefficient (Wildman–Crippen LogP) is 5.81. The lowest BCUT2D eigenvalue weighted by Gasteiger charge is -2.53. The van der Waals surface area contributed by atoms with E-state index in [4.69, 9.17) is 19.4 Å². The van der Waals surface area contributed by atoms with Crippen LogP contribution >= 0.6 is 0 Å². The highest BCUT2D eigenvalue weighted by Gasteiger charge is 2.44. The molecule has 5 heterocycles. The minimum absolute atomic E-state index is 0.0825. The first-order valence-corrected chi connectivity index (χ1v) is 18.9. The molecule has 4 aromatic rings. The lowest BCUT2D eigenvalue weighted by Crippen LogP contribution is -2.58. The monoisotopic (exact) mass is 711 g/mol. The number of ether oxygens (including phenoxy) is 2. The predicted molar refractivity (Wildman–Crippen MR) is 194 cm³/mol. The van der Waals surface area contributed by atoms with Crippen molar-refractivity contribution in [2.75, 3.05) is 42.5 Å². The maximum Gasteiger partial charge on any atom is 0.264 e. The summed E-state index contributed by atoms with van der Waals surface area (Å²) in [5, 5.41) is 0. The first-order chi connectivity index (χ1) is 24.3. The van der Waals surface area contributed by atoms with E-state index in [-0.39, 0.29) is 46.8 Å². The third-order valence-corrected chi connectivity index (χ3v) is 11.3. The summed E-state index contributed by atoms with van der Waals surface area (Å²) in [6.07, 6.45) is 6.36. The van der Waals surface area contributed by atoms with Gasteiger partial charge in [0.25, 0.3) is 15.9 Å². The molecule has 2 aromatic heterocycles. The van der Waals surface area contributed by atoms with Crippen LogP contribution in [0.1, 0.15) is 67.3 Å². The molecule has 1 spiro atoms. The number of benzene rings is 2. The summed E-state index contributed by atoms with van der Waals surface area (Å²) < 4.78 is 41.9. The fourth-order valence-electron chi connectivity index (χ4n) is 7.36. The van der Waals surface area contributed by atoms with Gasteiger partial charge in [0, 0.05) is 48.9 Å².